The first kappa shape index (κ1) is 17.0. The maximum Gasteiger partial charge on any atom is 0.308 e. The highest BCUT2D eigenvalue weighted by Crippen LogP contribution is 2.27. The van der Waals surface area contributed by atoms with Gasteiger partial charge in [-0.2, -0.15) is 0 Å². The van der Waals surface area contributed by atoms with Gasteiger partial charge in [0.2, 0.25) is 5.91 Å². The highest BCUT2D eigenvalue weighted by Gasteiger charge is 2.17. The highest BCUT2D eigenvalue weighted by molar-refractivity contribution is 5.77. The third-order valence-electron chi connectivity index (χ3n) is 4.27. The van der Waals surface area contributed by atoms with Crippen LogP contribution in [-0.2, 0) is 9.59 Å². The zero-order chi connectivity index (χ0) is 14.8. The molecule has 0 aliphatic heterocycles. The van der Waals surface area contributed by atoms with Crippen molar-refractivity contribution in [1.29, 1.82) is 0 Å². The van der Waals surface area contributed by atoms with E-state index >= 15 is 0 Å². The second kappa shape index (κ2) is 9.78. The second-order valence-corrected chi connectivity index (χ2v) is 6.02. The Hall–Kier alpha value is -1.06. The Morgan fingerprint density at radius 3 is 2.55 bits per heavy atom. The molecule has 4 nitrogen and oxygen atoms in total. The summed E-state index contributed by atoms with van der Waals surface area (Å²) in [6, 6.07) is 0. The van der Waals surface area contributed by atoms with Crippen molar-refractivity contribution >= 4 is 11.9 Å². The summed E-state index contributed by atoms with van der Waals surface area (Å²) in [6.07, 6.45) is 10.7. The minimum atomic E-state index is -0.811. The molecule has 0 aromatic rings. The molecule has 1 rings (SSSR count). The van der Waals surface area contributed by atoms with Gasteiger partial charge < -0.3 is 10.4 Å². The van der Waals surface area contributed by atoms with E-state index in [9.17, 15) is 9.59 Å². The predicted octanol–water partition coefficient (Wildman–Crippen LogP) is 3.35. The molecule has 0 spiro atoms. The summed E-state index contributed by atoms with van der Waals surface area (Å²) in [5, 5.41) is 11.8. The molecule has 4 heteroatoms. The van der Waals surface area contributed by atoms with Crippen LogP contribution in [0.15, 0.2) is 0 Å². The monoisotopic (exact) mass is 283 g/mol. The average molecular weight is 283 g/mol. The summed E-state index contributed by atoms with van der Waals surface area (Å²) < 4.78 is 0. The van der Waals surface area contributed by atoms with E-state index in [0.717, 1.165) is 25.2 Å². The lowest BCUT2D eigenvalue weighted by atomic mass is 9.86. The van der Waals surface area contributed by atoms with Crippen LogP contribution in [0.2, 0.25) is 0 Å². The Balaban J connectivity index is 2.11. The number of hydrogen-bond acceptors (Lipinski definition) is 2. The van der Waals surface area contributed by atoms with Gasteiger partial charge in [-0.15, -0.1) is 0 Å². The molecule has 0 aromatic heterocycles. The highest BCUT2D eigenvalue weighted by atomic mass is 16.4. The molecule has 0 aromatic carbocycles. The van der Waals surface area contributed by atoms with E-state index in [-0.39, 0.29) is 12.5 Å². The van der Waals surface area contributed by atoms with Crippen LogP contribution in [0.3, 0.4) is 0 Å². The molecule has 0 saturated heterocycles. The minimum absolute atomic E-state index is 0.00293. The number of rotatable bonds is 9. The van der Waals surface area contributed by atoms with Crippen molar-refractivity contribution in [3.05, 3.63) is 0 Å². The Labute approximate surface area is 122 Å². The summed E-state index contributed by atoms with van der Waals surface area (Å²) in [5.74, 6) is -0.441. The molecule has 0 radical (unpaired) electrons. The molecule has 1 aliphatic carbocycles. The Morgan fingerprint density at radius 2 is 1.95 bits per heavy atom. The van der Waals surface area contributed by atoms with Gasteiger partial charge >= 0.3 is 5.97 Å². The third-order valence-corrected chi connectivity index (χ3v) is 4.27. The lowest BCUT2D eigenvalue weighted by Gasteiger charge is -2.21. The fraction of sp³-hybridized carbons (Fsp3) is 0.875. The zero-order valence-electron chi connectivity index (χ0n) is 12.7. The van der Waals surface area contributed by atoms with Gasteiger partial charge in [-0.1, -0.05) is 45.4 Å². The van der Waals surface area contributed by atoms with Gasteiger partial charge in [-0.3, -0.25) is 9.59 Å². The van der Waals surface area contributed by atoms with Crippen molar-refractivity contribution < 1.29 is 14.7 Å². The quantitative estimate of drug-likeness (QED) is 0.682. The number of carboxylic acids is 1. The van der Waals surface area contributed by atoms with E-state index in [1.54, 1.807) is 0 Å². The van der Waals surface area contributed by atoms with Gasteiger partial charge in [0.15, 0.2) is 0 Å². The van der Waals surface area contributed by atoms with Crippen LogP contribution in [0.4, 0.5) is 0 Å². The standard InChI is InChI=1S/C16H29NO3/c1-2-7-14(16(19)20)12-17-15(18)11-6-10-13-8-4-3-5-9-13/h13-14H,2-12H2,1H3,(H,17,18)(H,19,20). The molecule has 1 amide bonds. The first-order valence-corrected chi connectivity index (χ1v) is 8.13. The lowest BCUT2D eigenvalue weighted by Crippen LogP contribution is -2.32. The largest absolute Gasteiger partial charge is 0.481 e. The van der Waals surface area contributed by atoms with E-state index in [0.29, 0.717) is 12.8 Å². The van der Waals surface area contributed by atoms with E-state index < -0.39 is 11.9 Å². The number of hydrogen-bond donors (Lipinski definition) is 2. The van der Waals surface area contributed by atoms with Crippen LogP contribution < -0.4 is 5.32 Å². The molecule has 0 heterocycles. The van der Waals surface area contributed by atoms with Crippen LogP contribution in [0, 0.1) is 11.8 Å². The molecule has 0 bridgehead atoms. The summed E-state index contributed by atoms with van der Waals surface area (Å²) in [5.41, 5.74) is 0. The second-order valence-electron chi connectivity index (χ2n) is 6.02. The van der Waals surface area contributed by atoms with Crippen molar-refractivity contribution in [2.45, 2.75) is 71.1 Å². The molecule has 1 aliphatic rings. The van der Waals surface area contributed by atoms with E-state index in [1.807, 2.05) is 6.92 Å². The number of carboxylic acid groups (broad SMARTS) is 1. The van der Waals surface area contributed by atoms with Gasteiger partial charge in [0, 0.05) is 13.0 Å². The summed E-state index contributed by atoms with van der Waals surface area (Å²) >= 11 is 0. The molecular weight excluding hydrogens is 254 g/mol. The number of aliphatic carboxylic acids is 1. The fourth-order valence-corrected chi connectivity index (χ4v) is 3.01. The molecule has 1 unspecified atom stereocenters. The van der Waals surface area contributed by atoms with Crippen LogP contribution in [0.1, 0.15) is 71.1 Å². The summed E-state index contributed by atoms with van der Waals surface area (Å²) in [6.45, 7) is 2.23. The first-order chi connectivity index (χ1) is 9.63. The average Bonchev–Trinajstić information content (AvgIpc) is 2.44. The third kappa shape index (κ3) is 6.92. The van der Waals surface area contributed by atoms with Crippen molar-refractivity contribution in [3.8, 4) is 0 Å². The molecule has 116 valence electrons. The van der Waals surface area contributed by atoms with Crippen LogP contribution in [0.25, 0.3) is 0 Å². The Morgan fingerprint density at radius 1 is 1.25 bits per heavy atom. The molecule has 20 heavy (non-hydrogen) atoms. The van der Waals surface area contributed by atoms with Crippen molar-refractivity contribution in [1.82, 2.24) is 5.32 Å². The Bertz CT molecular complexity index is 298. The number of carbonyl (C=O) groups is 2. The normalized spacial score (nSPS) is 17.6. The van der Waals surface area contributed by atoms with Crippen molar-refractivity contribution in [2.24, 2.45) is 11.8 Å². The van der Waals surface area contributed by atoms with Crippen LogP contribution in [-0.4, -0.2) is 23.5 Å². The van der Waals surface area contributed by atoms with Crippen molar-refractivity contribution in [2.75, 3.05) is 6.54 Å². The molecule has 1 saturated carbocycles. The number of nitrogens with one attached hydrogen (secondary N) is 1. The van der Waals surface area contributed by atoms with E-state index in [2.05, 4.69) is 5.32 Å². The van der Waals surface area contributed by atoms with E-state index in [1.165, 1.54) is 32.1 Å². The summed E-state index contributed by atoms with van der Waals surface area (Å²) in [4.78, 5) is 22.7. The molecule has 1 fully saturated rings. The fourth-order valence-electron chi connectivity index (χ4n) is 3.01. The maximum atomic E-state index is 11.7. The van der Waals surface area contributed by atoms with Crippen molar-refractivity contribution in [3.63, 3.8) is 0 Å². The predicted molar refractivity (Wildman–Crippen MR) is 79.5 cm³/mol. The van der Waals surface area contributed by atoms with E-state index in [4.69, 9.17) is 5.11 Å². The van der Waals surface area contributed by atoms with Gasteiger partial charge in [0.25, 0.3) is 0 Å². The van der Waals surface area contributed by atoms with Crippen LogP contribution in [0.5, 0.6) is 0 Å². The molecule has 1 atom stereocenters. The van der Waals surface area contributed by atoms with Gasteiger partial charge in [-0.05, 0) is 25.2 Å². The zero-order valence-corrected chi connectivity index (χ0v) is 12.7. The van der Waals surface area contributed by atoms with Gasteiger partial charge in [0.05, 0.1) is 5.92 Å². The smallest absolute Gasteiger partial charge is 0.308 e. The van der Waals surface area contributed by atoms with Crippen LogP contribution >= 0.6 is 0 Å². The Kier molecular flexibility index (Phi) is 8.31. The van der Waals surface area contributed by atoms with Gasteiger partial charge in [0.1, 0.15) is 0 Å². The topological polar surface area (TPSA) is 66.4 Å². The maximum absolute atomic E-state index is 11.7. The molecular formula is C16H29NO3. The summed E-state index contributed by atoms with van der Waals surface area (Å²) in [7, 11) is 0. The minimum Gasteiger partial charge on any atom is -0.481 e. The first-order valence-electron chi connectivity index (χ1n) is 8.13. The lowest BCUT2D eigenvalue weighted by molar-refractivity contribution is -0.141. The van der Waals surface area contributed by atoms with Gasteiger partial charge in [-0.25, -0.2) is 0 Å². The number of amides is 1. The SMILES string of the molecule is CCCC(CNC(=O)CCCC1CCCCC1)C(=O)O. The molecule has 2 N–H and O–H groups in total. The number of carbonyl (C=O) groups excluding carboxylic acids is 1.